The predicted molar refractivity (Wildman–Crippen MR) is 48.7 cm³/mol. The third kappa shape index (κ3) is 2.20. The van der Waals surface area contributed by atoms with Crippen LogP contribution in [0.25, 0.3) is 0 Å². The minimum atomic E-state index is 0.160. The van der Waals surface area contributed by atoms with Crippen molar-refractivity contribution in [1.29, 1.82) is 0 Å². The highest BCUT2D eigenvalue weighted by Crippen LogP contribution is 2.36. The predicted octanol–water partition coefficient (Wildman–Crippen LogP) is 1.05. The summed E-state index contributed by atoms with van der Waals surface area (Å²) in [6.07, 6.45) is 3.91. The largest absolute Gasteiger partial charge is 0.330 e. The van der Waals surface area contributed by atoms with Crippen LogP contribution in [0.4, 0.5) is 0 Å². The summed E-state index contributed by atoms with van der Waals surface area (Å²) in [5, 5.41) is 0. The topological polar surface area (TPSA) is 43.1 Å². The normalized spacial score (nSPS) is 23.0. The fraction of sp³-hybridized carbons (Fsp3) is 0.875. The molecule has 0 aromatic rings. The second-order valence-electron chi connectivity index (χ2n) is 3.19. The standard InChI is InChI=1S/C8H15NOS/c9-7-8(1-4-10)2-5-11-6-3-8/h4H,1-3,5-7,9H2. The lowest BCUT2D eigenvalue weighted by molar-refractivity contribution is -0.109. The molecule has 1 rings (SSSR count). The molecule has 0 radical (unpaired) electrons. The molecular weight excluding hydrogens is 158 g/mol. The van der Waals surface area contributed by atoms with Gasteiger partial charge in [0.05, 0.1) is 0 Å². The molecule has 1 saturated heterocycles. The minimum Gasteiger partial charge on any atom is -0.330 e. The average molecular weight is 173 g/mol. The van der Waals surface area contributed by atoms with Crippen molar-refractivity contribution >= 4 is 18.0 Å². The van der Waals surface area contributed by atoms with E-state index in [2.05, 4.69) is 0 Å². The molecule has 1 aliphatic heterocycles. The molecule has 1 fully saturated rings. The van der Waals surface area contributed by atoms with Gasteiger partial charge in [0, 0.05) is 6.42 Å². The second-order valence-corrected chi connectivity index (χ2v) is 4.41. The van der Waals surface area contributed by atoms with Gasteiger partial charge < -0.3 is 10.5 Å². The molecule has 0 aromatic heterocycles. The van der Waals surface area contributed by atoms with Crippen LogP contribution in [-0.4, -0.2) is 24.3 Å². The monoisotopic (exact) mass is 173 g/mol. The van der Waals surface area contributed by atoms with Gasteiger partial charge in [-0.15, -0.1) is 0 Å². The van der Waals surface area contributed by atoms with Crippen molar-refractivity contribution in [2.75, 3.05) is 18.1 Å². The Morgan fingerprint density at radius 3 is 2.55 bits per heavy atom. The number of thioether (sulfide) groups is 1. The fourth-order valence-corrected chi connectivity index (χ4v) is 2.83. The van der Waals surface area contributed by atoms with E-state index >= 15 is 0 Å². The van der Waals surface area contributed by atoms with E-state index < -0.39 is 0 Å². The molecule has 0 saturated carbocycles. The zero-order valence-electron chi connectivity index (χ0n) is 6.71. The molecular formula is C8H15NOS. The molecule has 1 heterocycles. The maximum absolute atomic E-state index is 10.4. The highest BCUT2D eigenvalue weighted by molar-refractivity contribution is 7.99. The van der Waals surface area contributed by atoms with Crippen molar-refractivity contribution < 1.29 is 4.79 Å². The van der Waals surface area contributed by atoms with E-state index in [4.69, 9.17) is 5.73 Å². The number of rotatable bonds is 3. The number of hydrogen-bond donors (Lipinski definition) is 1. The first-order valence-electron chi connectivity index (χ1n) is 4.04. The first kappa shape index (κ1) is 9.07. The summed E-state index contributed by atoms with van der Waals surface area (Å²) in [7, 11) is 0. The Hall–Kier alpha value is -0.0200. The number of hydrogen-bond acceptors (Lipinski definition) is 3. The van der Waals surface area contributed by atoms with E-state index in [9.17, 15) is 4.79 Å². The first-order valence-corrected chi connectivity index (χ1v) is 5.20. The SMILES string of the molecule is NCC1(CC=O)CCSCC1. The molecule has 64 valence electrons. The Kier molecular flexibility index (Phi) is 3.40. The van der Waals surface area contributed by atoms with Crippen LogP contribution in [0.2, 0.25) is 0 Å². The lowest BCUT2D eigenvalue weighted by atomic mass is 9.79. The summed E-state index contributed by atoms with van der Waals surface area (Å²) in [5.74, 6) is 2.34. The molecule has 2 nitrogen and oxygen atoms in total. The van der Waals surface area contributed by atoms with Gasteiger partial charge in [-0.3, -0.25) is 0 Å². The lowest BCUT2D eigenvalue weighted by Gasteiger charge is -2.34. The molecule has 3 heteroatoms. The van der Waals surface area contributed by atoms with Crippen LogP contribution in [0.1, 0.15) is 19.3 Å². The molecule has 11 heavy (non-hydrogen) atoms. The highest BCUT2D eigenvalue weighted by Gasteiger charge is 2.30. The fourth-order valence-electron chi connectivity index (χ4n) is 1.47. The van der Waals surface area contributed by atoms with Crippen LogP contribution in [0.5, 0.6) is 0 Å². The van der Waals surface area contributed by atoms with Gasteiger partial charge in [-0.05, 0) is 36.3 Å². The first-order chi connectivity index (χ1) is 5.33. The van der Waals surface area contributed by atoms with Gasteiger partial charge in [0.2, 0.25) is 0 Å². The minimum absolute atomic E-state index is 0.160. The van der Waals surface area contributed by atoms with Crippen LogP contribution in [0.3, 0.4) is 0 Å². The average Bonchev–Trinajstić information content (AvgIpc) is 2.07. The van der Waals surface area contributed by atoms with Gasteiger partial charge in [0.1, 0.15) is 6.29 Å². The summed E-state index contributed by atoms with van der Waals surface area (Å²) in [6, 6.07) is 0. The number of nitrogens with two attached hydrogens (primary N) is 1. The van der Waals surface area contributed by atoms with E-state index in [1.807, 2.05) is 11.8 Å². The van der Waals surface area contributed by atoms with E-state index in [-0.39, 0.29) is 5.41 Å². The van der Waals surface area contributed by atoms with Crippen molar-refractivity contribution in [2.45, 2.75) is 19.3 Å². The van der Waals surface area contributed by atoms with Gasteiger partial charge in [-0.25, -0.2) is 0 Å². The van der Waals surface area contributed by atoms with Crippen molar-refractivity contribution in [1.82, 2.24) is 0 Å². The van der Waals surface area contributed by atoms with E-state index in [1.54, 1.807) is 0 Å². The van der Waals surface area contributed by atoms with Gasteiger partial charge in [-0.2, -0.15) is 11.8 Å². The van der Waals surface area contributed by atoms with Gasteiger partial charge in [-0.1, -0.05) is 0 Å². The number of aldehydes is 1. The van der Waals surface area contributed by atoms with Crippen LogP contribution >= 0.6 is 11.8 Å². The zero-order chi connectivity index (χ0) is 8.16. The van der Waals surface area contributed by atoms with Crippen LogP contribution < -0.4 is 5.73 Å². The third-order valence-corrected chi connectivity index (χ3v) is 3.49. The Bertz CT molecular complexity index is 132. The number of carbonyl (C=O) groups excluding carboxylic acids is 1. The van der Waals surface area contributed by atoms with E-state index in [1.165, 1.54) is 11.5 Å². The summed E-state index contributed by atoms with van der Waals surface area (Å²) in [6.45, 7) is 0.673. The molecule has 0 aromatic carbocycles. The third-order valence-electron chi connectivity index (χ3n) is 2.50. The van der Waals surface area contributed by atoms with Gasteiger partial charge >= 0.3 is 0 Å². The summed E-state index contributed by atoms with van der Waals surface area (Å²) in [4.78, 5) is 10.4. The van der Waals surface area contributed by atoms with Crippen molar-refractivity contribution in [3.63, 3.8) is 0 Å². The summed E-state index contributed by atoms with van der Waals surface area (Å²) < 4.78 is 0. The molecule has 1 aliphatic rings. The highest BCUT2D eigenvalue weighted by atomic mass is 32.2. The molecule has 0 amide bonds. The molecule has 0 unspecified atom stereocenters. The maximum atomic E-state index is 10.4. The number of carbonyl (C=O) groups is 1. The summed E-state index contributed by atoms with van der Waals surface area (Å²) in [5.41, 5.74) is 5.82. The maximum Gasteiger partial charge on any atom is 0.120 e. The summed E-state index contributed by atoms with van der Waals surface area (Å²) >= 11 is 1.97. The van der Waals surface area contributed by atoms with Crippen LogP contribution in [0, 0.1) is 5.41 Å². The zero-order valence-corrected chi connectivity index (χ0v) is 7.53. The van der Waals surface area contributed by atoms with Crippen molar-refractivity contribution in [2.24, 2.45) is 11.1 Å². The quantitative estimate of drug-likeness (QED) is 0.649. The van der Waals surface area contributed by atoms with Gasteiger partial charge in [0.15, 0.2) is 0 Å². The van der Waals surface area contributed by atoms with Crippen molar-refractivity contribution in [3.05, 3.63) is 0 Å². The van der Waals surface area contributed by atoms with Crippen LogP contribution in [0.15, 0.2) is 0 Å². The Morgan fingerprint density at radius 1 is 1.45 bits per heavy atom. The molecule has 0 bridgehead atoms. The van der Waals surface area contributed by atoms with Crippen molar-refractivity contribution in [3.8, 4) is 0 Å². The second kappa shape index (κ2) is 4.12. The molecule has 0 spiro atoms. The molecule has 0 atom stereocenters. The molecule has 2 N–H and O–H groups in total. The van der Waals surface area contributed by atoms with Crippen LogP contribution in [-0.2, 0) is 4.79 Å². The Morgan fingerprint density at radius 2 is 2.09 bits per heavy atom. The lowest BCUT2D eigenvalue weighted by Crippen LogP contribution is -2.34. The molecule has 0 aliphatic carbocycles. The van der Waals surface area contributed by atoms with E-state index in [0.717, 1.165) is 19.1 Å². The smallest absolute Gasteiger partial charge is 0.120 e. The Balaban J connectivity index is 2.49. The van der Waals surface area contributed by atoms with Gasteiger partial charge in [0.25, 0.3) is 0 Å². The Labute approximate surface area is 71.9 Å². The van der Waals surface area contributed by atoms with E-state index in [0.29, 0.717) is 13.0 Å².